The molecule has 1 aromatic heterocycles. The van der Waals surface area contributed by atoms with Gasteiger partial charge in [0.2, 0.25) is 23.6 Å². The number of carbonyl (C=O) groups excluding carboxylic acids is 4. The van der Waals surface area contributed by atoms with E-state index in [2.05, 4.69) is 130 Å². The molecule has 0 radical (unpaired) electrons. The van der Waals surface area contributed by atoms with Gasteiger partial charge < -0.3 is 26.3 Å². The number of aliphatic imine (C=N–C) groups is 1. The molecule has 11 heteroatoms. The molecule has 0 saturated carbocycles. The van der Waals surface area contributed by atoms with E-state index in [9.17, 15) is 19.2 Å². The smallest absolute Gasteiger partial charge is 0.246 e. The quantitative estimate of drug-likeness (QED) is 0.0918. The number of allylic oxidation sites excluding steroid dienone is 1. The average molecular weight is 822 g/mol. The van der Waals surface area contributed by atoms with Gasteiger partial charge in [-0.05, 0) is 77.2 Å². The maximum Gasteiger partial charge on any atom is 0.246 e. The summed E-state index contributed by atoms with van der Waals surface area (Å²) in [4.78, 5) is 65.6. The summed E-state index contributed by atoms with van der Waals surface area (Å²) in [7, 11) is 0. The van der Waals surface area contributed by atoms with Crippen molar-refractivity contribution in [1.29, 1.82) is 0 Å². The lowest BCUT2D eigenvalue weighted by Crippen LogP contribution is -2.61. The van der Waals surface area contributed by atoms with Crippen LogP contribution in [-0.4, -0.2) is 56.4 Å². The molecule has 4 rings (SSSR count). The topological polar surface area (TPSA) is 157 Å². The SMILES string of the molecule is CCC(=O)NC(C)(CC(C)C)C(=O)N[C@H](C1=NC=C(c2ccc(-c3ccc(-c4cnc([C@@H](NC(=O)C(C)(CC(C)C)NC(=O)CC)C(C)(C)C)[nH]4)cc3)cc2)C1)C(C)(C)C. The minimum Gasteiger partial charge on any atom is -0.345 e. The first-order valence-corrected chi connectivity index (χ1v) is 21.6. The number of imidazole rings is 1. The molecule has 2 aromatic carbocycles. The van der Waals surface area contributed by atoms with E-state index in [0.29, 0.717) is 37.9 Å². The van der Waals surface area contributed by atoms with Crippen LogP contribution in [0.15, 0.2) is 65.9 Å². The Bertz CT molecular complexity index is 2050. The molecule has 0 aliphatic carbocycles. The summed E-state index contributed by atoms with van der Waals surface area (Å²) < 4.78 is 0. The van der Waals surface area contributed by atoms with E-state index in [1.54, 1.807) is 27.0 Å². The van der Waals surface area contributed by atoms with Gasteiger partial charge in [-0.15, -0.1) is 0 Å². The molecule has 60 heavy (non-hydrogen) atoms. The zero-order valence-electron chi connectivity index (χ0n) is 38.6. The largest absolute Gasteiger partial charge is 0.345 e. The average Bonchev–Trinajstić information content (AvgIpc) is 3.85. The van der Waals surface area contributed by atoms with E-state index < -0.39 is 17.1 Å². The highest BCUT2D eigenvalue weighted by molar-refractivity contribution is 6.04. The number of aromatic nitrogens is 2. The van der Waals surface area contributed by atoms with Crippen LogP contribution in [0.5, 0.6) is 0 Å². The molecular formula is C49H71N7O4. The van der Waals surface area contributed by atoms with Crippen LogP contribution in [0.1, 0.15) is 146 Å². The van der Waals surface area contributed by atoms with Crippen molar-refractivity contribution in [3.05, 3.63) is 72.3 Å². The number of hydrogen-bond acceptors (Lipinski definition) is 6. The molecule has 1 aliphatic heterocycles. The number of benzene rings is 2. The van der Waals surface area contributed by atoms with Gasteiger partial charge in [0, 0.05) is 31.2 Å². The van der Waals surface area contributed by atoms with Crippen LogP contribution in [0, 0.1) is 22.7 Å². The van der Waals surface area contributed by atoms with Crippen molar-refractivity contribution in [3.8, 4) is 22.4 Å². The number of amides is 4. The lowest BCUT2D eigenvalue weighted by Gasteiger charge is -2.37. The van der Waals surface area contributed by atoms with Crippen molar-refractivity contribution in [1.82, 2.24) is 31.2 Å². The monoisotopic (exact) mass is 822 g/mol. The van der Waals surface area contributed by atoms with Gasteiger partial charge in [0.05, 0.1) is 24.0 Å². The van der Waals surface area contributed by atoms with Gasteiger partial charge in [-0.2, -0.15) is 0 Å². The third-order valence-corrected chi connectivity index (χ3v) is 11.1. The molecule has 2 heterocycles. The molecule has 0 saturated heterocycles. The molecule has 5 N–H and O–H groups in total. The molecule has 0 bridgehead atoms. The van der Waals surface area contributed by atoms with Gasteiger partial charge in [0.1, 0.15) is 16.9 Å². The van der Waals surface area contributed by atoms with Crippen LogP contribution in [0.25, 0.3) is 28.0 Å². The lowest BCUT2D eigenvalue weighted by molar-refractivity contribution is -0.134. The second kappa shape index (κ2) is 19.1. The first-order valence-electron chi connectivity index (χ1n) is 21.6. The molecule has 11 nitrogen and oxygen atoms in total. The Morgan fingerprint density at radius 1 is 0.633 bits per heavy atom. The molecular weight excluding hydrogens is 751 g/mol. The maximum absolute atomic E-state index is 13.9. The van der Waals surface area contributed by atoms with Crippen molar-refractivity contribution in [2.24, 2.45) is 27.7 Å². The van der Waals surface area contributed by atoms with E-state index >= 15 is 0 Å². The van der Waals surface area contributed by atoms with E-state index in [1.807, 2.05) is 27.0 Å². The molecule has 1 aliphatic rings. The maximum atomic E-state index is 13.9. The van der Waals surface area contributed by atoms with Crippen molar-refractivity contribution in [2.45, 2.75) is 152 Å². The molecule has 0 spiro atoms. The van der Waals surface area contributed by atoms with E-state index in [0.717, 1.165) is 39.2 Å². The highest BCUT2D eigenvalue weighted by Crippen LogP contribution is 2.35. The number of H-pyrrole nitrogens is 1. The Morgan fingerprint density at radius 3 is 1.47 bits per heavy atom. The van der Waals surface area contributed by atoms with Crippen LogP contribution in [0.3, 0.4) is 0 Å². The van der Waals surface area contributed by atoms with Crippen LogP contribution in [-0.2, 0) is 19.2 Å². The standard InChI is InChI=1S/C49H71N7O4/c1-15-39(57)55-48(13,26-30(3)4)44(59)53-41(46(7,8)9)37-25-36(28-50-37)34-19-17-32(18-20-34)33-21-23-35(24-22-33)38-29-51-43(52-38)42(47(10,11)12)54-45(60)49(14,27-31(5)6)56-40(58)16-2/h17-24,28-31,41-42H,15-16,25-27H2,1-14H3,(H,51,52)(H,53,59)(H,54,60)(H,55,57)(H,56,58)/t41-,42-,48?,49?/m1/s1. The van der Waals surface area contributed by atoms with Crippen LogP contribution >= 0.6 is 0 Å². The molecule has 0 fully saturated rings. The minimum atomic E-state index is -1.06. The third-order valence-electron chi connectivity index (χ3n) is 11.1. The fourth-order valence-corrected chi connectivity index (χ4v) is 8.05. The Hall–Kier alpha value is -5.06. The zero-order chi connectivity index (χ0) is 44.8. The first kappa shape index (κ1) is 47.6. The summed E-state index contributed by atoms with van der Waals surface area (Å²) in [6, 6.07) is 16.0. The molecule has 2 unspecified atom stereocenters. The van der Waals surface area contributed by atoms with Crippen molar-refractivity contribution in [3.63, 3.8) is 0 Å². The van der Waals surface area contributed by atoms with Crippen LogP contribution in [0.4, 0.5) is 0 Å². The zero-order valence-corrected chi connectivity index (χ0v) is 38.6. The Labute approximate surface area is 358 Å². The van der Waals surface area contributed by atoms with Crippen LogP contribution < -0.4 is 21.3 Å². The fraction of sp³-hybridized carbons (Fsp3) is 0.551. The second-order valence-electron chi connectivity index (χ2n) is 20.0. The van der Waals surface area contributed by atoms with Gasteiger partial charge in [-0.1, -0.05) is 132 Å². The van der Waals surface area contributed by atoms with Crippen molar-refractivity contribution >= 4 is 34.9 Å². The van der Waals surface area contributed by atoms with E-state index in [1.165, 1.54) is 0 Å². The molecule has 4 amide bonds. The lowest BCUT2D eigenvalue weighted by atomic mass is 9.80. The predicted octanol–water partition coefficient (Wildman–Crippen LogP) is 9.33. The van der Waals surface area contributed by atoms with E-state index in [-0.39, 0.29) is 52.3 Å². The summed E-state index contributed by atoms with van der Waals surface area (Å²) in [6.45, 7) is 27.8. The summed E-state index contributed by atoms with van der Waals surface area (Å²) in [5.41, 5.74) is 4.20. The van der Waals surface area contributed by atoms with E-state index in [4.69, 9.17) is 9.98 Å². The molecule has 4 atom stereocenters. The Balaban J connectivity index is 1.46. The van der Waals surface area contributed by atoms with Gasteiger partial charge in [0.25, 0.3) is 0 Å². The summed E-state index contributed by atoms with van der Waals surface area (Å²) in [5, 5.41) is 12.5. The second-order valence-corrected chi connectivity index (χ2v) is 20.0. The number of nitrogens with one attached hydrogen (secondary N) is 5. The van der Waals surface area contributed by atoms with Gasteiger partial charge in [-0.3, -0.25) is 24.2 Å². The predicted molar refractivity (Wildman–Crippen MR) is 244 cm³/mol. The van der Waals surface area contributed by atoms with Gasteiger partial charge in [-0.25, -0.2) is 4.98 Å². The van der Waals surface area contributed by atoms with Crippen molar-refractivity contribution in [2.75, 3.05) is 0 Å². The van der Waals surface area contributed by atoms with Gasteiger partial charge in [0.15, 0.2) is 0 Å². The summed E-state index contributed by atoms with van der Waals surface area (Å²) in [6.07, 6.45) is 5.95. The minimum absolute atomic E-state index is 0.149. The molecule has 3 aromatic rings. The number of rotatable bonds is 17. The summed E-state index contributed by atoms with van der Waals surface area (Å²) >= 11 is 0. The highest BCUT2D eigenvalue weighted by Gasteiger charge is 2.41. The van der Waals surface area contributed by atoms with Crippen molar-refractivity contribution < 1.29 is 19.2 Å². The summed E-state index contributed by atoms with van der Waals surface area (Å²) in [5.74, 6) is 0.312. The number of carbonyl (C=O) groups is 4. The Morgan fingerprint density at radius 2 is 1.05 bits per heavy atom. The number of aromatic amines is 1. The third kappa shape index (κ3) is 12.0. The number of nitrogens with zero attached hydrogens (tertiary/aromatic N) is 2. The number of hydrogen-bond donors (Lipinski definition) is 5. The Kier molecular flexibility index (Phi) is 15.2. The van der Waals surface area contributed by atoms with Crippen LogP contribution in [0.2, 0.25) is 0 Å². The highest BCUT2D eigenvalue weighted by atomic mass is 16.2. The molecule has 326 valence electrons. The fourth-order valence-electron chi connectivity index (χ4n) is 8.05. The normalized spacial score (nSPS) is 16.3. The van der Waals surface area contributed by atoms with Gasteiger partial charge >= 0.3 is 0 Å². The first-order chi connectivity index (χ1) is 27.9.